The minimum atomic E-state index is -0.514. The lowest BCUT2D eigenvalue weighted by Gasteiger charge is -2.40. The van der Waals surface area contributed by atoms with Crippen molar-refractivity contribution >= 4 is 5.78 Å². The Labute approximate surface area is 111 Å². The number of rotatable bonds is 7. The van der Waals surface area contributed by atoms with Crippen LogP contribution >= 0.6 is 0 Å². The first kappa shape index (κ1) is 15.6. The normalized spacial score (nSPS) is 30.1. The van der Waals surface area contributed by atoms with Crippen molar-refractivity contribution in [1.29, 1.82) is 0 Å². The zero-order valence-electron chi connectivity index (χ0n) is 12.3. The summed E-state index contributed by atoms with van der Waals surface area (Å²) in [5.74, 6) is 0.902. The maximum absolute atomic E-state index is 12.7. The van der Waals surface area contributed by atoms with Crippen molar-refractivity contribution in [1.82, 2.24) is 0 Å². The molecular formula is C15H28O3. The van der Waals surface area contributed by atoms with Crippen molar-refractivity contribution in [3.63, 3.8) is 0 Å². The minimum absolute atomic E-state index is 0.0294. The molecule has 1 aliphatic rings. The minimum Gasteiger partial charge on any atom is -0.385 e. The fraction of sp³-hybridized carbons (Fsp3) is 0.933. The zero-order valence-corrected chi connectivity index (χ0v) is 12.3. The quantitative estimate of drug-likeness (QED) is 0.701. The maximum Gasteiger partial charge on any atom is 0.167 e. The molecule has 0 radical (unpaired) electrons. The van der Waals surface area contributed by atoms with E-state index in [2.05, 4.69) is 6.92 Å². The van der Waals surface area contributed by atoms with Gasteiger partial charge in [0, 0.05) is 26.2 Å². The van der Waals surface area contributed by atoms with Gasteiger partial charge in [-0.3, -0.25) is 4.79 Å². The van der Waals surface area contributed by atoms with Crippen molar-refractivity contribution in [2.75, 3.05) is 20.3 Å². The second-order valence-electron chi connectivity index (χ2n) is 5.68. The van der Waals surface area contributed by atoms with Crippen LogP contribution in [0.5, 0.6) is 0 Å². The number of ether oxygens (including phenoxy) is 2. The Hall–Kier alpha value is -0.410. The van der Waals surface area contributed by atoms with Crippen LogP contribution in [0.15, 0.2) is 0 Å². The van der Waals surface area contributed by atoms with Gasteiger partial charge in [-0.15, -0.1) is 0 Å². The third-order valence-corrected chi connectivity index (χ3v) is 4.03. The molecule has 0 spiro atoms. The third-order valence-electron chi connectivity index (χ3n) is 4.03. The molecule has 0 saturated heterocycles. The van der Waals surface area contributed by atoms with E-state index in [1.54, 1.807) is 7.11 Å². The molecule has 3 atom stereocenters. The van der Waals surface area contributed by atoms with Crippen LogP contribution in [-0.4, -0.2) is 31.7 Å². The number of carbonyl (C=O) groups is 1. The molecule has 0 N–H and O–H groups in total. The smallest absolute Gasteiger partial charge is 0.167 e. The molecule has 1 rings (SSSR count). The largest absolute Gasteiger partial charge is 0.385 e. The summed E-state index contributed by atoms with van der Waals surface area (Å²) >= 11 is 0. The first-order chi connectivity index (χ1) is 8.55. The van der Waals surface area contributed by atoms with Gasteiger partial charge >= 0.3 is 0 Å². The van der Waals surface area contributed by atoms with Crippen LogP contribution in [0.4, 0.5) is 0 Å². The van der Waals surface area contributed by atoms with Gasteiger partial charge in [-0.2, -0.15) is 0 Å². The lowest BCUT2D eigenvalue weighted by molar-refractivity contribution is -0.155. The standard InChI is InChI=1S/C15H28O3/c1-5-18-15(9-6-7-12(2)11-15)14(16)13(3)8-10-17-4/h12-13H,5-11H2,1-4H3. The van der Waals surface area contributed by atoms with Crippen molar-refractivity contribution < 1.29 is 14.3 Å². The van der Waals surface area contributed by atoms with E-state index in [0.717, 1.165) is 25.7 Å². The van der Waals surface area contributed by atoms with Gasteiger partial charge in [0.25, 0.3) is 0 Å². The van der Waals surface area contributed by atoms with Gasteiger partial charge in [-0.05, 0) is 38.5 Å². The molecule has 0 amide bonds. The molecule has 0 aromatic heterocycles. The van der Waals surface area contributed by atoms with Gasteiger partial charge in [0.1, 0.15) is 5.60 Å². The highest BCUT2D eigenvalue weighted by atomic mass is 16.5. The van der Waals surface area contributed by atoms with E-state index < -0.39 is 5.60 Å². The number of carbonyl (C=O) groups excluding carboxylic acids is 1. The highest BCUT2D eigenvalue weighted by Gasteiger charge is 2.43. The van der Waals surface area contributed by atoms with E-state index in [9.17, 15) is 4.79 Å². The van der Waals surface area contributed by atoms with E-state index in [1.807, 2.05) is 13.8 Å². The predicted octanol–water partition coefficient (Wildman–Crippen LogP) is 3.21. The van der Waals surface area contributed by atoms with Crippen LogP contribution < -0.4 is 0 Å². The van der Waals surface area contributed by atoms with Crippen LogP contribution in [-0.2, 0) is 14.3 Å². The topological polar surface area (TPSA) is 35.5 Å². The third kappa shape index (κ3) is 3.79. The molecule has 0 aromatic rings. The van der Waals surface area contributed by atoms with Crippen LogP contribution in [0, 0.1) is 11.8 Å². The second-order valence-corrected chi connectivity index (χ2v) is 5.68. The van der Waals surface area contributed by atoms with E-state index in [1.165, 1.54) is 6.42 Å². The average molecular weight is 256 g/mol. The summed E-state index contributed by atoms with van der Waals surface area (Å²) in [6.45, 7) is 7.47. The Balaban J connectivity index is 2.73. The lowest BCUT2D eigenvalue weighted by Crippen LogP contribution is -2.48. The molecule has 3 nitrogen and oxygen atoms in total. The van der Waals surface area contributed by atoms with E-state index in [-0.39, 0.29) is 11.7 Å². The summed E-state index contributed by atoms with van der Waals surface area (Å²) in [5.41, 5.74) is -0.514. The Morgan fingerprint density at radius 1 is 1.50 bits per heavy atom. The summed E-state index contributed by atoms with van der Waals surface area (Å²) in [7, 11) is 1.68. The summed E-state index contributed by atoms with van der Waals surface area (Å²) in [4.78, 5) is 12.7. The van der Waals surface area contributed by atoms with Gasteiger partial charge in [0.2, 0.25) is 0 Å². The van der Waals surface area contributed by atoms with Gasteiger partial charge in [-0.25, -0.2) is 0 Å². The Kier molecular flexibility index (Phi) is 6.30. The molecule has 1 fully saturated rings. The Bertz CT molecular complexity index is 260. The van der Waals surface area contributed by atoms with Crippen molar-refractivity contribution in [2.45, 2.75) is 58.5 Å². The summed E-state index contributed by atoms with van der Waals surface area (Å²) in [6.07, 6.45) is 4.88. The molecule has 0 aromatic carbocycles. The van der Waals surface area contributed by atoms with Crippen LogP contribution in [0.25, 0.3) is 0 Å². The zero-order chi connectivity index (χ0) is 13.6. The Morgan fingerprint density at radius 3 is 2.78 bits per heavy atom. The summed E-state index contributed by atoms with van der Waals surface area (Å²) in [5, 5.41) is 0. The molecule has 0 heterocycles. The van der Waals surface area contributed by atoms with Crippen LogP contribution in [0.2, 0.25) is 0 Å². The first-order valence-electron chi connectivity index (χ1n) is 7.23. The lowest BCUT2D eigenvalue weighted by atomic mass is 9.73. The maximum atomic E-state index is 12.7. The molecule has 3 heteroatoms. The average Bonchev–Trinajstić information content (AvgIpc) is 2.35. The Morgan fingerprint density at radius 2 is 2.22 bits per heavy atom. The van der Waals surface area contributed by atoms with Crippen molar-refractivity contribution in [3.8, 4) is 0 Å². The number of methoxy groups -OCH3 is 1. The fourth-order valence-electron chi connectivity index (χ4n) is 3.08. The highest BCUT2D eigenvalue weighted by molar-refractivity contribution is 5.89. The van der Waals surface area contributed by atoms with Gasteiger partial charge in [0.15, 0.2) is 5.78 Å². The van der Waals surface area contributed by atoms with Gasteiger partial charge < -0.3 is 9.47 Å². The number of hydrogen-bond acceptors (Lipinski definition) is 3. The first-order valence-corrected chi connectivity index (χ1v) is 7.23. The van der Waals surface area contributed by atoms with E-state index in [0.29, 0.717) is 19.1 Å². The monoisotopic (exact) mass is 256 g/mol. The van der Waals surface area contributed by atoms with Crippen LogP contribution in [0.1, 0.15) is 52.9 Å². The molecule has 1 saturated carbocycles. The molecule has 3 unspecified atom stereocenters. The summed E-state index contributed by atoms with van der Waals surface area (Å²) < 4.78 is 11.0. The SMILES string of the molecule is CCOC1(C(=O)C(C)CCOC)CCCC(C)C1. The molecule has 18 heavy (non-hydrogen) atoms. The predicted molar refractivity (Wildman–Crippen MR) is 72.7 cm³/mol. The highest BCUT2D eigenvalue weighted by Crippen LogP contribution is 2.38. The summed E-state index contributed by atoms with van der Waals surface area (Å²) in [6, 6.07) is 0. The molecule has 1 aliphatic carbocycles. The number of Topliss-reactive ketones (excluding diaryl/α,β-unsaturated/α-hetero) is 1. The molecular weight excluding hydrogens is 228 g/mol. The second kappa shape index (κ2) is 7.25. The molecule has 106 valence electrons. The number of hydrogen-bond donors (Lipinski definition) is 0. The van der Waals surface area contributed by atoms with E-state index in [4.69, 9.17) is 9.47 Å². The fourth-order valence-corrected chi connectivity index (χ4v) is 3.08. The van der Waals surface area contributed by atoms with Crippen LogP contribution in [0.3, 0.4) is 0 Å². The molecule has 0 aliphatic heterocycles. The van der Waals surface area contributed by atoms with Gasteiger partial charge in [-0.1, -0.05) is 20.3 Å². The van der Waals surface area contributed by atoms with E-state index >= 15 is 0 Å². The van der Waals surface area contributed by atoms with Crippen molar-refractivity contribution in [2.24, 2.45) is 11.8 Å². The number of ketones is 1. The van der Waals surface area contributed by atoms with Crippen molar-refractivity contribution in [3.05, 3.63) is 0 Å². The molecule has 0 bridgehead atoms. The van der Waals surface area contributed by atoms with Gasteiger partial charge in [0.05, 0.1) is 0 Å².